The Morgan fingerprint density at radius 1 is 1.17 bits per heavy atom. The molecule has 0 spiro atoms. The standard InChI is InChI=1S/C11H15NO6/c13-11(14)8-9-2-4-10(5-3-9)17-6-1-7-18-12(15)16/h2-5,15-16H,1,6-8H2,(H,13,14). The van der Waals surface area contributed by atoms with Crippen molar-refractivity contribution in [2.45, 2.75) is 12.8 Å². The van der Waals surface area contributed by atoms with Crippen LogP contribution in [-0.4, -0.2) is 40.1 Å². The van der Waals surface area contributed by atoms with Crippen molar-refractivity contribution in [2.24, 2.45) is 0 Å². The number of nitrogens with zero attached hydrogens (tertiary/aromatic N) is 1. The first-order valence-electron chi connectivity index (χ1n) is 5.32. The summed E-state index contributed by atoms with van der Waals surface area (Å²) in [4.78, 5) is 14.8. The van der Waals surface area contributed by atoms with Crippen LogP contribution in [0, 0.1) is 0 Å². The van der Waals surface area contributed by atoms with Gasteiger partial charge in [0.1, 0.15) is 5.75 Å². The fourth-order valence-electron chi connectivity index (χ4n) is 1.27. The summed E-state index contributed by atoms with van der Waals surface area (Å²) in [5.74, 6) is -0.257. The molecule has 0 saturated carbocycles. The van der Waals surface area contributed by atoms with Crippen molar-refractivity contribution in [3.05, 3.63) is 29.8 Å². The molecule has 1 aromatic rings. The van der Waals surface area contributed by atoms with E-state index in [9.17, 15) is 4.79 Å². The molecule has 100 valence electrons. The molecule has 0 amide bonds. The molecule has 0 aliphatic heterocycles. The Labute approximate surface area is 104 Å². The summed E-state index contributed by atoms with van der Waals surface area (Å²) in [6, 6.07) is 6.74. The van der Waals surface area contributed by atoms with Gasteiger partial charge < -0.3 is 9.84 Å². The van der Waals surface area contributed by atoms with Crippen molar-refractivity contribution in [2.75, 3.05) is 13.2 Å². The van der Waals surface area contributed by atoms with Gasteiger partial charge in [0.05, 0.1) is 25.0 Å². The number of carbonyl (C=O) groups is 1. The van der Waals surface area contributed by atoms with Crippen LogP contribution in [0.25, 0.3) is 0 Å². The highest BCUT2D eigenvalue weighted by Crippen LogP contribution is 2.12. The molecule has 0 radical (unpaired) electrons. The second kappa shape index (κ2) is 7.62. The molecule has 7 heteroatoms. The van der Waals surface area contributed by atoms with Gasteiger partial charge in [-0.1, -0.05) is 12.1 Å². The quantitative estimate of drug-likeness (QED) is 0.473. The van der Waals surface area contributed by atoms with Crippen molar-refractivity contribution in [1.82, 2.24) is 5.39 Å². The fraction of sp³-hybridized carbons (Fsp3) is 0.364. The molecule has 0 aromatic heterocycles. The molecule has 0 atom stereocenters. The van der Waals surface area contributed by atoms with Gasteiger partial charge in [-0.25, -0.2) is 0 Å². The predicted octanol–water partition coefficient (Wildman–Crippen LogP) is 1.09. The SMILES string of the molecule is O=C(O)Cc1ccc(OCCCON(O)O)cc1. The molecular weight excluding hydrogens is 242 g/mol. The Morgan fingerprint density at radius 2 is 1.83 bits per heavy atom. The maximum Gasteiger partial charge on any atom is 0.307 e. The van der Waals surface area contributed by atoms with E-state index in [0.29, 0.717) is 24.3 Å². The third-order valence-corrected chi connectivity index (χ3v) is 2.04. The lowest BCUT2D eigenvalue weighted by atomic mass is 10.1. The molecule has 0 bridgehead atoms. The lowest BCUT2D eigenvalue weighted by Gasteiger charge is -2.08. The minimum Gasteiger partial charge on any atom is -0.494 e. The third-order valence-electron chi connectivity index (χ3n) is 2.04. The molecule has 0 heterocycles. The van der Waals surface area contributed by atoms with Gasteiger partial charge in [-0.05, 0) is 17.7 Å². The summed E-state index contributed by atoms with van der Waals surface area (Å²) in [6.45, 7) is 0.468. The largest absolute Gasteiger partial charge is 0.494 e. The average molecular weight is 257 g/mol. The van der Waals surface area contributed by atoms with Crippen LogP contribution < -0.4 is 4.74 Å². The Morgan fingerprint density at radius 3 is 2.39 bits per heavy atom. The maximum atomic E-state index is 10.5. The first kappa shape index (κ1) is 14.4. The van der Waals surface area contributed by atoms with Gasteiger partial charge in [0.2, 0.25) is 0 Å². The average Bonchev–Trinajstić information content (AvgIpc) is 2.30. The summed E-state index contributed by atoms with van der Waals surface area (Å²) in [5.41, 5.74) is 0.703. The smallest absolute Gasteiger partial charge is 0.307 e. The van der Waals surface area contributed by atoms with E-state index in [1.807, 2.05) is 0 Å². The summed E-state index contributed by atoms with van der Waals surface area (Å²) in [7, 11) is 0. The zero-order valence-electron chi connectivity index (χ0n) is 9.65. The molecule has 7 nitrogen and oxygen atoms in total. The van der Waals surface area contributed by atoms with Crippen molar-refractivity contribution in [1.29, 1.82) is 0 Å². The number of carboxylic acid groups (broad SMARTS) is 1. The van der Waals surface area contributed by atoms with Gasteiger partial charge in [-0.15, -0.1) is 0 Å². The van der Waals surface area contributed by atoms with E-state index in [1.165, 1.54) is 0 Å². The number of hydrogen-bond donors (Lipinski definition) is 3. The molecule has 0 unspecified atom stereocenters. The fourth-order valence-corrected chi connectivity index (χ4v) is 1.27. The Hall–Kier alpha value is -1.67. The third kappa shape index (κ3) is 6.16. The highest BCUT2D eigenvalue weighted by Gasteiger charge is 2.01. The molecule has 18 heavy (non-hydrogen) atoms. The second-order valence-electron chi connectivity index (χ2n) is 3.50. The lowest BCUT2D eigenvalue weighted by Crippen LogP contribution is -2.16. The van der Waals surface area contributed by atoms with Crippen LogP contribution in [0.5, 0.6) is 5.75 Å². The van der Waals surface area contributed by atoms with E-state index < -0.39 is 5.97 Å². The van der Waals surface area contributed by atoms with Crippen LogP contribution >= 0.6 is 0 Å². The van der Waals surface area contributed by atoms with Crippen molar-refractivity contribution >= 4 is 5.97 Å². The van der Waals surface area contributed by atoms with E-state index in [4.69, 9.17) is 20.3 Å². The molecular formula is C11H15NO6. The normalized spacial score (nSPS) is 10.6. The number of rotatable bonds is 8. The summed E-state index contributed by atoms with van der Waals surface area (Å²) in [5, 5.41) is 24.7. The molecule has 1 rings (SSSR count). The topological polar surface area (TPSA) is 99.5 Å². The lowest BCUT2D eigenvalue weighted by molar-refractivity contribution is -0.492. The van der Waals surface area contributed by atoms with Gasteiger partial charge >= 0.3 is 5.97 Å². The molecule has 0 aliphatic carbocycles. The van der Waals surface area contributed by atoms with Crippen molar-refractivity contribution in [3.63, 3.8) is 0 Å². The minimum absolute atomic E-state index is 0.0169. The Balaban J connectivity index is 2.24. The van der Waals surface area contributed by atoms with E-state index in [-0.39, 0.29) is 18.4 Å². The molecule has 1 aromatic carbocycles. The van der Waals surface area contributed by atoms with Gasteiger partial charge in [-0.3, -0.25) is 20.0 Å². The number of benzene rings is 1. The van der Waals surface area contributed by atoms with Gasteiger partial charge in [0.25, 0.3) is 0 Å². The van der Waals surface area contributed by atoms with Crippen LogP contribution in [-0.2, 0) is 16.1 Å². The van der Waals surface area contributed by atoms with E-state index in [2.05, 4.69) is 4.84 Å². The molecule has 0 fully saturated rings. The summed E-state index contributed by atoms with van der Waals surface area (Å²) >= 11 is 0. The Kier molecular flexibility index (Phi) is 6.09. The highest BCUT2D eigenvalue weighted by atomic mass is 17.1. The molecule has 3 N–H and O–H groups in total. The van der Waals surface area contributed by atoms with E-state index in [1.54, 1.807) is 24.3 Å². The molecule has 0 saturated heterocycles. The first-order valence-corrected chi connectivity index (χ1v) is 5.32. The van der Waals surface area contributed by atoms with Crippen molar-refractivity contribution < 1.29 is 29.9 Å². The van der Waals surface area contributed by atoms with Crippen LogP contribution in [0.15, 0.2) is 24.3 Å². The number of aliphatic carboxylic acids is 1. The Bertz CT molecular complexity index is 364. The zero-order chi connectivity index (χ0) is 13.4. The van der Waals surface area contributed by atoms with Crippen LogP contribution in [0.3, 0.4) is 0 Å². The zero-order valence-corrected chi connectivity index (χ0v) is 9.65. The van der Waals surface area contributed by atoms with E-state index in [0.717, 1.165) is 0 Å². The second-order valence-corrected chi connectivity index (χ2v) is 3.50. The minimum atomic E-state index is -0.877. The number of hydrogen-bond acceptors (Lipinski definition) is 6. The number of carboxylic acids is 1. The van der Waals surface area contributed by atoms with Crippen molar-refractivity contribution in [3.8, 4) is 5.75 Å². The maximum absolute atomic E-state index is 10.5. The highest BCUT2D eigenvalue weighted by molar-refractivity contribution is 5.70. The van der Waals surface area contributed by atoms with Crippen LogP contribution in [0.1, 0.15) is 12.0 Å². The van der Waals surface area contributed by atoms with Gasteiger partial charge in [0, 0.05) is 6.42 Å². The first-order chi connectivity index (χ1) is 8.58. The van der Waals surface area contributed by atoms with E-state index >= 15 is 0 Å². The summed E-state index contributed by atoms with van der Waals surface area (Å²) < 4.78 is 5.34. The monoisotopic (exact) mass is 257 g/mol. The summed E-state index contributed by atoms with van der Waals surface area (Å²) in [6.07, 6.45) is 0.464. The van der Waals surface area contributed by atoms with Gasteiger partial charge in [-0.2, -0.15) is 0 Å². The van der Waals surface area contributed by atoms with Crippen LogP contribution in [0.4, 0.5) is 0 Å². The number of ether oxygens (including phenoxy) is 1. The predicted molar refractivity (Wildman–Crippen MR) is 59.3 cm³/mol. The van der Waals surface area contributed by atoms with Gasteiger partial charge in [0.15, 0.2) is 0 Å². The van der Waals surface area contributed by atoms with Crippen LogP contribution in [0.2, 0.25) is 0 Å². The molecule has 0 aliphatic rings.